The van der Waals surface area contributed by atoms with Gasteiger partial charge in [0.1, 0.15) is 12.4 Å². The van der Waals surface area contributed by atoms with Crippen LogP contribution in [0.2, 0.25) is 0 Å². The Hall–Kier alpha value is -2.67. The van der Waals surface area contributed by atoms with Gasteiger partial charge in [0, 0.05) is 6.54 Å². The molecule has 3 aromatic rings. The number of nitrogens with zero attached hydrogens (tertiary/aromatic N) is 1. The fraction of sp³-hybridized carbons (Fsp3) is 0.250. The lowest BCUT2D eigenvalue weighted by Gasteiger charge is -2.38. The summed E-state index contributed by atoms with van der Waals surface area (Å²) in [5.41, 5.74) is 1.82. The third-order valence-corrected chi connectivity index (χ3v) is 7.01. The number of sulfonamides is 1. The molecular weight excluding hydrogens is 398 g/mol. The molecule has 0 saturated carbocycles. The molecule has 0 aliphatic carbocycles. The van der Waals surface area contributed by atoms with Crippen LogP contribution < -0.4 is 4.74 Å². The van der Waals surface area contributed by atoms with Gasteiger partial charge in [-0.05, 0) is 43.2 Å². The van der Waals surface area contributed by atoms with Crippen LogP contribution in [-0.4, -0.2) is 32.0 Å². The summed E-state index contributed by atoms with van der Waals surface area (Å²) in [5.74, 6) is 0.770. The first-order valence-corrected chi connectivity index (χ1v) is 11.4. The molecule has 2 atom stereocenters. The summed E-state index contributed by atoms with van der Waals surface area (Å²) in [6, 6.07) is 25.9. The molecule has 5 nitrogen and oxygen atoms in total. The van der Waals surface area contributed by atoms with E-state index in [4.69, 9.17) is 9.47 Å². The zero-order chi connectivity index (χ0) is 21.0. The van der Waals surface area contributed by atoms with Crippen LogP contribution >= 0.6 is 0 Å². The van der Waals surface area contributed by atoms with E-state index in [2.05, 4.69) is 0 Å². The molecule has 0 bridgehead atoms. The van der Waals surface area contributed by atoms with Gasteiger partial charge in [0.2, 0.25) is 10.0 Å². The van der Waals surface area contributed by atoms with Crippen molar-refractivity contribution in [2.45, 2.75) is 30.6 Å². The first kappa shape index (κ1) is 20.6. The van der Waals surface area contributed by atoms with Gasteiger partial charge in [0.25, 0.3) is 0 Å². The lowest BCUT2D eigenvalue weighted by molar-refractivity contribution is -0.121. The van der Waals surface area contributed by atoms with Crippen molar-refractivity contribution in [3.8, 4) is 5.75 Å². The fourth-order valence-corrected chi connectivity index (χ4v) is 5.01. The third-order valence-electron chi connectivity index (χ3n) is 5.15. The van der Waals surface area contributed by atoms with Crippen LogP contribution in [0.5, 0.6) is 5.75 Å². The van der Waals surface area contributed by atoms with Gasteiger partial charge in [0.15, 0.2) is 6.23 Å². The summed E-state index contributed by atoms with van der Waals surface area (Å²) in [6.45, 7) is 2.66. The summed E-state index contributed by atoms with van der Waals surface area (Å²) in [7, 11) is -3.70. The fourth-order valence-electron chi connectivity index (χ4n) is 3.49. The van der Waals surface area contributed by atoms with Crippen LogP contribution in [0.25, 0.3) is 0 Å². The van der Waals surface area contributed by atoms with E-state index in [9.17, 15) is 8.42 Å². The van der Waals surface area contributed by atoms with Crippen molar-refractivity contribution >= 4 is 10.0 Å². The van der Waals surface area contributed by atoms with Crippen molar-refractivity contribution in [3.05, 3.63) is 96.1 Å². The molecular formula is C24H25NO4S. The lowest BCUT2D eigenvalue weighted by Crippen LogP contribution is -2.45. The smallest absolute Gasteiger partial charge is 0.245 e. The maximum absolute atomic E-state index is 13.4. The average Bonchev–Trinajstić information content (AvgIpc) is 2.79. The standard InChI is InChI=1S/C24H25NO4S/c1-19-12-14-23(15-13-19)30(26,27)25-17-16-22(18-28-21-10-6-3-7-11-21)29-24(25)20-8-4-2-5-9-20/h2-15,22,24H,16-18H2,1H3. The number of ether oxygens (including phenoxy) is 2. The van der Waals surface area contributed by atoms with E-state index in [-0.39, 0.29) is 11.0 Å². The Labute approximate surface area is 177 Å². The maximum atomic E-state index is 13.4. The Morgan fingerprint density at radius 1 is 0.933 bits per heavy atom. The number of hydrogen-bond acceptors (Lipinski definition) is 4. The van der Waals surface area contributed by atoms with Gasteiger partial charge in [-0.15, -0.1) is 0 Å². The van der Waals surface area contributed by atoms with Crippen molar-refractivity contribution in [1.29, 1.82) is 0 Å². The van der Waals surface area contributed by atoms with E-state index < -0.39 is 16.3 Å². The van der Waals surface area contributed by atoms with E-state index in [0.29, 0.717) is 19.6 Å². The Morgan fingerprint density at radius 2 is 1.57 bits per heavy atom. The Bertz CT molecular complexity index is 1050. The van der Waals surface area contributed by atoms with Crippen LogP contribution in [0.4, 0.5) is 0 Å². The average molecular weight is 424 g/mol. The molecule has 1 aliphatic rings. The summed E-state index contributed by atoms with van der Waals surface area (Å²) in [4.78, 5) is 0.275. The van der Waals surface area contributed by atoms with Gasteiger partial charge in [0.05, 0.1) is 11.0 Å². The van der Waals surface area contributed by atoms with Crippen molar-refractivity contribution in [1.82, 2.24) is 4.31 Å². The van der Waals surface area contributed by atoms with E-state index in [0.717, 1.165) is 16.9 Å². The quantitative estimate of drug-likeness (QED) is 0.584. The van der Waals surface area contributed by atoms with Gasteiger partial charge in [-0.2, -0.15) is 4.31 Å². The first-order chi connectivity index (χ1) is 14.5. The van der Waals surface area contributed by atoms with Crippen molar-refractivity contribution < 1.29 is 17.9 Å². The largest absolute Gasteiger partial charge is 0.491 e. The second-order valence-electron chi connectivity index (χ2n) is 7.36. The molecule has 0 radical (unpaired) electrons. The van der Waals surface area contributed by atoms with Gasteiger partial charge in [-0.3, -0.25) is 0 Å². The van der Waals surface area contributed by atoms with Gasteiger partial charge in [-0.1, -0.05) is 66.2 Å². The molecule has 1 aliphatic heterocycles. The van der Waals surface area contributed by atoms with Gasteiger partial charge in [-0.25, -0.2) is 8.42 Å². The second kappa shape index (κ2) is 9.00. The van der Waals surface area contributed by atoms with E-state index in [1.165, 1.54) is 4.31 Å². The normalized spacial score (nSPS) is 20.0. The molecule has 1 heterocycles. The molecule has 0 aromatic heterocycles. The lowest BCUT2D eigenvalue weighted by atomic mass is 10.1. The minimum atomic E-state index is -3.70. The number of aryl methyl sites for hydroxylation is 1. The molecule has 0 amide bonds. The predicted octanol–water partition coefficient (Wildman–Crippen LogP) is 4.55. The van der Waals surface area contributed by atoms with Crippen molar-refractivity contribution in [2.75, 3.05) is 13.2 Å². The van der Waals surface area contributed by atoms with Crippen molar-refractivity contribution in [2.24, 2.45) is 0 Å². The first-order valence-electron chi connectivity index (χ1n) is 10.0. The minimum Gasteiger partial charge on any atom is -0.491 e. The third kappa shape index (κ3) is 4.56. The Kier molecular flexibility index (Phi) is 6.18. The van der Waals surface area contributed by atoms with Gasteiger partial charge >= 0.3 is 0 Å². The summed E-state index contributed by atoms with van der Waals surface area (Å²) in [5, 5.41) is 0. The highest BCUT2D eigenvalue weighted by Crippen LogP contribution is 2.34. The van der Waals surface area contributed by atoms with Crippen LogP contribution in [0, 0.1) is 6.92 Å². The van der Waals surface area contributed by atoms with Crippen LogP contribution in [-0.2, 0) is 14.8 Å². The van der Waals surface area contributed by atoms with E-state index >= 15 is 0 Å². The zero-order valence-corrected chi connectivity index (χ0v) is 17.7. The van der Waals surface area contributed by atoms with Gasteiger partial charge < -0.3 is 9.47 Å². The predicted molar refractivity (Wildman–Crippen MR) is 116 cm³/mol. The Balaban J connectivity index is 1.57. The molecule has 4 rings (SSSR count). The monoisotopic (exact) mass is 423 g/mol. The van der Waals surface area contributed by atoms with Crippen LogP contribution in [0.15, 0.2) is 89.8 Å². The molecule has 1 saturated heterocycles. The molecule has 0 spiro atoms. The zero-order valence-electron chi connectivity index (χ0n) is 16.8. The molecule has 2 unspecified atom stereocenters. The molecule has 1 fully saturated rings. The number of rotatable bonds is 6. The maximum Gasteiger partial charge on any atom is 0.245 e. The highest BCUT2D eigenvalue weighted by atomic mass is 32.2. The van der Waals surface area contributed by atoms with E-state index in [1.54, 1.807) is 12.1 Å². The highest BCUT2D eigenvalue weighted by molar-refractivity contribution is 7.89. The van der Waals surface area contributed by atoms with Crippen molar-refractivity contribution in [3.63, 3.8) is 0 Å². The molecule has 156 valence electrons. The second-order valence-corrected chi connectivity index (χ2v) is 9.25. The topological polar surface area (TPSA) is 55.8 Å². The SMILES string of the molecule is Cc1ccc(S(=O)(=O)N2CCC(COc3ccccc3)OC2c2ccccc2)cc1. The number of benzene rings is 3. The summed E-state index contributed by atoms with van der Waals surface area (Å²) < 4.78 is 40.3. The Morgan fingerprint density at radius 3 is 2.23 bits per heavy atom. The van der Waals surface area contributed by atoms with Crippen LogP contribution in [0.3, 0.4) is 0 Å². The molecule has 6 heteroatoms. The molecule has 0 N–H and O–H groups in total. The summed E-state index contributed by atoms with van der Waals surface area (Å²) >= 11 is 0. The summed E-state index contributed by atoms with van der Waals surface area (Å²) in [6.07, 6.45) is -0.350. The van der Waals surface area contributed by atoms with E-state index in [1.807, 2.05) is 79.7 Å². The number of hydrogen-bond donors (Lipinski definition) is 0. The number of para-hydroxylation sites is 1. The van der Waals surface area contributed by atoms with Crippen LogP contribution in [0.1, 0.15) is 23.8 Å². The molecule has 3 aromatic carbocycles. The minimum absolute atomic E-state index is 0.208. The molecule has 30 heavy (non-hydrogen) atoms. The highest BCUT2D eigenvalue weighted by Gasteiger charge is 2.38.